The van der Waals surface area contributed by atoms with E-state index in [1.165, 1.54) is 0 Å². The average molecular weight is 1030 g/mol. The van der Waals surface area contributed by atoms with Gasteiger partial charge in [-0.05, 0) is 99.7 Å². The maximum atomic E-state index is 14.1. The van der Waals surface area contributed by atoms with Gasteiger partial charge in [0.15, 0.2) is 0 Å². The summed E-state index contributed by atoms with van der Waals surface area (Å²) in [6, 6.07) is 38.9. The maximum Gasteiger partial charge on any atom is 0.245 e. The highest BCUT2D eigenvalue weighted by atomic mass is 16.7. The largest absolute Gasteiger partial charge is 0.489 e. The van der Waals surface area contributed by atoms with Crippen LogP contribution in [0.1, 0.15) is 84.3 Å². The van der Waals surface area contributed by atoms with Crippen molar-refractivity contribution in [2.45, 2.75) is 128 Å². The summed E-state index contributed by atoms with van der Waals surface area (Å²) in [4.78, 5) is 64.4. The number of hydrogen-bond acceptors (Lipinski definition) is 13. The number of carbonyl (C=O) groups excluding carboxylic acids is 4. The normalized spacial score (nSPS) is 14.1. The molecule has 1 aromatic heterocycles. The summed E-state index contributed by atoms with van der Waals surface area (Å²) in [7, 11) is 0. The van der Waals surface area contributed by atoms with Gasteiger partial charge in [-0.25, -0.2) is 10.0 Å². The number of aliphatic hydroxyl groups excluding tert-OH is 5. The first-order valence-corrected chi connectivity index (χ1v) is 25.5. The third-order valence-corrected chi connectivity index (χ3v) is 12.4. The van der Waals surface area contributed by atoms with Gasteiger partial charge in [0, 0.05) is 36.6 Å². The van der Waals surface area contributed by atoms with Gasteiger partial charge >= 0.3 is 0 Å². The van der Waals surface area contributed by atoms with Gasteiger partial charge in [0.25, 0.3) is 0 Å². The first-order chi connectivity index (χ1) is 35.9. The van der Waals surface area contributed by atoms with E-state index < -0.39 is 72.5 Å². The number of hydrogen-bond donors (Lipinski definition) is 8. The molecule has 0 spiro atoms. The Morgan fingerprint density at radius 3 is 1.93 bits per heavy atom. The standard InChI is InChI=1S/C58H75N5O12/c1-57(2,3)75-63(39-65)48(55(71)60-36-49(66)52(68)53(69)50(67)37-64)25-15-17-31-59-54(70)47(33-40-26-28-45(29-27-40)74-38-41-19-9-6-10-20-41)62-56(72)58(4,5)30-16-18-32-73-51-35-44(42-21-11-7-12-22-42)34-46(61-51)43-23-13-8-14-24-43/h6-14,19-24,26-29,34-35,39,47-50,52-53,64,66-69H,15-18,25,30-33,36-38H2,1-5H3,(H,59,70)(H,60,71)(H,62,72). The highest BCUT2D eigenvalue weighted by Crippen LogP contribution is 2.30. The molecular formula is C58H75N5O12. The quantitative estimate of drug-likeness (QED) is 0.0151. The number of pyridine rings is 1. The third kappa shape index (κ3) is 19.5. The van der Waals surface area contributed by atoms with Crippen LogP contribution in [0.3, 0.4) is 0 Å². The molecule has 6 unspecified atom stereocenters. The SMILES string of the molecule is CC(C)(C)ON(C=O)C(CCCCNC(=O)C(Cc1ccc(OCc2ccccc2)cc1)NC(=O)C(C)(C)CCCCOc1cc(-c2ccccc2)cc(-c2ccccc2)n1)C(=O)NCC(O)C(O)C(O)C(O)CO. The summed E-state index contributed by atoms with van der Waals surface area (Å²) in [5, 5.41) is 58.7. The lowest BCUT2D eigenvalue weighted by Crippen LogP contribution is -2.53. The lowest BCUT2D eigenvalue weighted by Gasteiger charge is -2.32. The number of hydroxylamine groups is 2. The number of nitrogens with zero attached hydrogens (tertiary/aromatic N) is 2. The second kappa shape index (κ2) is 29.4. The highest BCUT2D eigenvalue weighted by molar-refractivity contribution is 5.90. The van der Waals surface area contributed by atoms with Crippen LogP contribution in [0.4, 0.5) is 0 Å². The molecule has 1 heterocycles. The molecule has 17 nitrogen and oxygen atoms in total. The zero-order chi connectivity index (χ0) is 54.4. The van der Waals surface area contributed by atoms with Gasteiger partial charge in [0.05, 0.1) is 30.6 Å². The third-order valence-electron chi connectivity index (χ3n) is 12.4. The molecule has 0 radical (unpaired) electrons. The molecule has 0 fully saturated rings. The molecule has 4 amide bonds. The molecule has 404 valence electrons. The molecule has 5 rings (SSSR count). The van der Waals surface area contributed by atoms with Gasteiger partial charge < -0.3 is 51.0 Å². The van der Waals surface area contributed by atoms with E-state index in [0.29, 0.717) is 63.4 Å². The monoisotopic (exact) mass is 1030 g/mol. The Kier molecular flexibility index (Phi) is 23.2. The van der Waals surface area contributed by atoms with Crippen molar-refractivity contribution in [3.8, 4) is 34.0 Å². The van der Waals surface area contributed by atoms with Crippen molar-refractivity contribution in [3.63, 3.8) is 0 Å². The van der Waals surface area contributed by atoms with Crippen molar-refractivity contribution >= 4 is 24.1 Å². The number of unbranched alkanes of at least 4 members (excludes halogenated alkanes) is 2. The predicted molar refractivity (Wildman–Crippen MR) is 285 cm³/mol. The Morgan fingerprint density at radius 2 is 1.31 bits per heavy atom. The van der Waals surface area contributed by atoms with Crippen molar-refractivity contribution in [2.75, 3.05) is 26.3 Å². The molecule has 4 aromatic carbocycles. The fourth-order valence-corrected chi connectivity index (χ4v) is 8.01. The van der Waals surface area contributed by atoms with Gasteiger partial charge in [-0.2, -0.15) is 0 Å². The van der Waals surface area contributed by atoms with E-state index >= 15 is 0 Å². The van der Waals surface area contributed by atoms with E-state index in [1.807, 2.05) is 141 Å². The summed E-state index contributed by atoms with van der Waals surface area (Å²) in [5.74, 6) is -0.305. The minimum Gasteiger partial charge on any atom is -0.489 e. The molecule has 0 saturated heterocycles. The number of aliphatic hydroxyl groups is 5. The average Bonchev–Trinajstić information content (AvgIpc) is 3.41. The smallest absolute Gasteiger partial charge is 0.245 e. The Hall–Kier alpha value is -6.73. The molecule has 6 atom stereocenters. The van der Waals surface area contributed by atoms with E-state index in [0.717, 1.165) is 38.6 Å². The first kappa shape index (κ1) is 59.2. The Bertz CT molecular complexity index is 2450. The highest BCUT2D eigenvalue weighted by Gasteiger charge is 2.34. The van der Waals surface area contributed by atoms with Gasteiger partial charge in [-0.1, -0.05) is 117 Å². The number of rotatable bonds is 31. The summed E-state index contributed by atoms with van der Waals surface area (Å²) in [6.07, 6.45) is -4.19. The van der Waals surface area contributed by atoms with Crippen LogP contribution in [0, 0.1) is 5.41 Å². The van der Waals surface area contributed by atoms with Crippen LogP contribution < -0.4 is 25.4 Å². The van der Waals surface area contributed by atoms with E-state index in [-0.39, 0.29) is 25.3 Å². The number of carbonyl (C=O) groups is 4. The summed E-state index contributed by atoms with van der Waals surface area (Å²) in [5.41, 5.74) is 3.87. The first-order valence-electron chi connectivity index (χ1n) is 25.5. The minimum absolute atomic E-state index is 0.0599. The van der Waals surface area contributed by atoms with E-state index in [4.69, 9.17) is 24.4 Å². The van der Waals surface area contributed by atoms with Gasteiger partial charge in [0.2, 0.25) is 30.0 Å². The Balaban J connectivity index is 1.20. The molecule has 5 aromatic rings. The summed E-state index contributed by atoms with van der Waals surface area (Å²) >= 11 is 0. The molecule has 75 heavy (non-hydrogen) atoms. The Labute approximate surface area is 440 Å². The predicted octanol–water partition coefficient (Wildman–Crippen LogP) is 5.69. The maximum absolute atomic E-state index is 14.1. The minimum atomic E-state index is -1.91. The molecule has 17 heteroatoms. The number of aromatic nitrogens is 1. The number of nitrogens with one attached hydrogen (secondary N) is 3. The fraction of sp³-hybridized carbons (Fsp3) is 0.431. The van der Waals surface area contributed by atoms with Crippen LogP contribution in [0.25, 0.3) is 22.4 Å². The zero-order valence-electron chi connectivity index (χ0n) is 43.6. The van der Waals surface area contributed by atoms with Gasteiger partial charge in [-0.15, -0.1) is 0 Å². The van der Waals surface area contributed by atoms with Crippen molar-refractivity contribution in [1.82, 2.24) is 26.0 Å². The van der Waals surface area contributed by atoms with E-state index in [1.54, 1.807) is 20.8 Å². The molecule has 0 aliphatic heterocycles. The molecule has 0 aliphatic carbocycles. The fourth-order valence-electron chi connectivity index (χ4n) is 8.01. The van der Waals surface area contributed by atoms with Crippen LogP contribution in [-0.2, 0) is 37.0 Å². The van der Waals surface area contributed by atoms with Crippen LogP contribution in [0.5, 0.6) is 11.6 Å². The van der Waals surface area contributed by atoms with Crippen LogP contribution in [0.2, 0.25) is 0 Å². The van der Waals surface area contributed by atoms with Gasteiger partial charge in [0.1, 0.15) is 42.8 Å². The zero-order valence-corrected chi connectivity index (χ0v) is 43.6. The second-order valence-electron chi connectivity index (χ2n) is 20.2. The van der Waals surface area contributed by atoms with E-state index in [2.05, 4.69) is 16.0 Å². The van der Waals surface area contributed by atoms with Crippen molar-refractivity contribution in [2.24, 2.45) is 5.41 Å². The lowest BCUT2D eigenvalue weighted by molar-refractivity contribution is -0.232. The van der Waals surface area contributed by atoms with Gasteiger partial charge in [-0.3, -0.25) is 24.0 Å². The van der Waals surface area contributed by atoms with E-state index in [9.17, 15) is 39.6 Å². The lowest BCUT2D eigenvalue weighted by atomic mass is 9.85. The molecule has 0 bridgehead atoms. The second-order valence-corrected chi connectivity index (χ2v) is 20.2. The topological polar surface area (TPSA) is 249 Å². The number of amides is 4. The molecule has 0 aliphatic rings. The molecule has 0 saturated carbocycles. The van der Waals surface area contributed by atoms with Crippen LogP contribution in [-0.4, -0.2) is 128 Å². The van der Waals surface area contributed by atoms with Crippen molar-refractivity contribution in [1.29, 1.82) is 0 Å². The number of ether oxygens (including phenoxy) is 2. The van der Waals surface area contributed by atoms with Crippen LogP contribution >= 0.6 is 0 Å². The summed E-state index contributed by atoms with van der Waals surface area (Å²) in [6.45, 7) is 8.25. The summed E-state index contributed by atoms with van der Waals surface area (Å²) < 4.78 is 12.2. The molecule has 8 N–H and O–H groups in total. The number of benzene rings is 4. The van der Waals surface area contributed by atoms with Crippen molar-refractivity contribution in [3.05, 3.63) is 139 Å². The Morgan fingerprint density at radius 1 is 0.680 bits per heavy atom. The molecular weight excluding hydrogens is 959 g/mol. The van der Waals surface area contributed by atoms with Crippen LogP contribution in [0.15, 0.2) is 127 Å². The van der Waals surface area contributed by atoms with Crippen molar-refractivity contribution < 1.29 is 59.0 Å².